The number of hydrogen-bond acceptors (Lipinski definition) is 2. The number of carbonyl (C=O) groups is 1. The van der Waals surface area contributed by atoms with Gasteiger partial charge in [0.15, 0.2) is 5.78 Å². The molecule has 20 heavy (non-hydrogen) atoms. The summed E-state index contributed by atoms with van der Waals surface area (Å²) in [7, 11) is 0. The molecule has 0 radical (unpaired) electrons. The Hall–Kier alpha value is -0.770. The van der Waals surface area contributed by atoms with Crippen LogP contribution in [-0.4, -0.2) is 10.9 Å². The number of aliphatic hydroxyl groups excluding tert-OH is 1. The minimum absolute atomic E-state index is 0.249. The quantitative estimate of drug-likeness (QED) is 0.771. The summed E-state index contributed by atoms with van der Waals surface area (Å²) in [5.74, 6) is -0.498. The third-order valence-electron chi connectivity index (χ3n) is 2.71. The lowest BCUT2D eigenvalue weighted by Crippen LogP contribution is -2.12. The first-order chi connectivity index (χ1) is 9.40. The number of rotatable bonds is 3. The van der Waals surface area contributed by atoms with Gasteiger partial charge in [-0.15, -0.1) is 0 Å². The molecule has 1 unspecified atom stereocenters. The molecule has 6 heteroatoms. The van der Waals surface area contributed by atoms with Crippen molar-refractivity contribution in [3.8, 4) is 0 Å². The third-order valence-corrected chi connectivity index (χ3v) is 4.19. The van der Waals surface area contributed by atoms with E-state index in [9.17, 15) is 9.90 Å². The van der Waals surface area contributed by atoms with Gasteiger partial charge in [-0.1, -0.05) is 52.5 Å². The Kier molecular flexibility index (Phi) is 4.95. The monoisotopic (exact) mass is 348 g/mol. The molecule has 0 bridgehead atoms. The number of ketones is 1. The van der Waals surface area contributed by atoms with Crippen molar-refractivity contribution in [1.29, 1.82) is 0 Å². The smallest absolute Gasteiger partial charge is 0.195 e. The van der Waals surface area contributed by atoms with Crippen LogP contribution >= 0.6 is 46.4 Å². The number of aliphatic hydroxyl groups is 1. The summed E-state index contributed by atoms with van der Waals surface area (Å²) < 4.78 is 0. The van der Waals surface area contributed by atoms with Crippen LogP contribution in [0, 0.1) is 0 Å². The molecule has 0 aliphatic carbocycles. The highest BCUT2D eigenvalue weighted by Crippen LogP contribution is 2.29. The second kappa shape index (κ2) is 6.33. The maximum atomic E-state index is 12.2. The maximum absolute atomic E-state index is 12.2. The van der Waals surface area contributed by atoms with Crippen LogP contribution in [0.4, 0.5) is 0 Å². The highest BCUT2D eigenvalue weighted by atomic mass is 35.5. The van der Waals surface area contributed by atoms with Crippen LogP contribution < -0.4 is 0 Å². The third kappa shape index (κ3) is 3.27. The molecule has 2 rings (SSSR count). The Morgan fingerprint density at radius 2 is 1.40 bits per heavy atom. The number of carbonyl (C=O) groups excluding carboxylic acids is 1. The number of Topliss-reactive ketones (excluding diaryl/α,β-unsaturated/α-hetero) is 1. The fourth-order valence-electron chi connectivity index (χ4n) is 1.64. The van der Waals surface area contributed by atoms with Gasteiger partial charge in [0.05, 0.1) is 20.1 Å². The zero-order valence-corrected chi connectivity index (χ0v) is 12.9. The standard InChI is InChI=1S/C14H8Cl4O2/c15-9-3-1-7(5-11(9)17)13(19)14(20)8-2-4-10(16)12(18)6-8/h1-6,13,19H. The van der Waals surface area contributed by atoms with Crippen molar-refractivity contribution in [2.45, 2.75) is 6.10 Å². The summed E-state index contributed by atoms with van der Waals surface area (Å²) in [6, 6.07) is 8.91. The van der Waals surface area contributed by atoms with E-state index in [1.807, 2.05) is 0 Å². The summed E-state index contributed by atoms with van der Waals surface area (Å²) in [4.78, 5) is 12.2. The topological polar surface area (TPSA) is 37.3 Å². The van der Waals surface area contributed by atoms with Crippen molar-refractivity contribution in [3.05, 3.63) is 67.6 Å². The predicted octanol–water partition coefficient (Wildman–Crippen LogP) is 5.22. The van der Waals surface area contributed by atoms with Gasteiger partial charge in [0, 0.05) is 5.56 Å². The van der Waals surface area contributed by atoms with Gasteiger partial charge in [-0.3, -0.25) is 4.79 Å². The van der Waals surface area contributed by atoms with E-state index in [0.29, 0.717) is 15.6 Å². The average molecular weight is 350 g/mol. The Balaban J connectivity index is 2.32. The van der Waals surface area contributed by atoms with E-state index in [1.54, 1.807) is 0 Å². The number of halogens is 4. The normalized spacial score (nSPS) is 12.2. The molecule has 0 spiro atoms. The number of hydrogen-bond donors (Lipinski definition) is 1. The van der Waals surface area contributed by atoms with Crippen molar-refractivity contribution < 1.29 is 9.90 Å². The van der Waals surface area contributed by atoms with E-state index in [4.69, 9.17) is 46.4 Å². The van der Waals surface area contributed by atoms with Crippen LogP contribution in [-0.2, 0) is 0 Å². The van der Waals surface area contributed by atoms with Gasteiger partial charge in [-0.2, -0.15) is 0 Å². The van der Waals surface area contributed by atoms with Crippen molar-refractivity contribution in [3.63, 3.8) is 0 Å². The summed E-state index contributed by atoms with van der Waals surface area (Å²) in [6.07, 6.45) is -1.35. The second-order valence-electron chi connectivity index (χ2n) is 4.07. The Morgan fingerprint density at radius 3 is 1.95 bits per heavy atom. The average Bonchev–Trinajstić information content (AvgIpc) is 2.43. The van der Waals surface area contributed by atoms with Crippen LogP contribution in [0.3, 0.4) is 0 Å². The Labute approximate surface area is 135 Å². The first-order valence-corrected chi connectivity index (χ1v) is 7.03. The van der Waals surface area contributed by atoms with Crippen LogP contribution in [0.1, 0.15) is 22.0 Å². The Bertz CT molecular complexity index is 670. The summed E-state index contributed by atoms with van der Waals surface area (Å²) in [5, 5.41) is 11.3. The highest BCUT2D eigenvalue weighted by molar-refractivity contribution is 6.42. The van der Waals surface area contributed by atoms with Gasteiger partial charge in [-0.05, 0) is 35.9 Å². The molecule has 1 N–H and O–H groups in total. The van der Waals surface area contributed by atoms with Crippen molar-refractivity contribution in [2.24, 2.45) is 0 Å². The van der Waals surface area contributed by atoms with E-state index in [-0.39, 0.29) is 15.6 Å². The minimum atomic E-state index is -1.35. The van der Waals surface area contributed by atoms with Crippen LogP contribution in [0.15, 0.2) is 36.4 Å². The van der Waals surface area contributed by atoms with E-state index in [2.05, 4.69) is 0 Å². The molecular weight excluding hydrogens is 342 g/mol. The molecule has 0 amide bonds. The van der Waals surface area contributed by atoms with Crippen LogP contribution in [0.25, 0.3) is 0 Å². The molecular formula is C14H8Cl4O2. The molecule has 0 saturated carbocycles. The first kappa shape index (κ1) is 15.6. The minimum Gasteiger partial charge on any atom is -0.380 e. The molecule has 2 aromatic carbocycles. The fraction of sp³-hybridized carbons (Fsp3) is 0.0714. The van der Waals surface area contributed by atoms with Crippen LogP contribution in [0.2, 0.25) is 20.1 Å². The van der Waals surface area contributed by atoms with E-state index < -0.39 is 11.9 Å². The molecule has 2 aromatic rings. The van der Waals surface area contributed by atoms with Crippen molar-refractivity contribution >= 4 is 52.2 Å². The van der Waals surface area contributed by atoms with E-state index in [0.717, 1.165) is 0 Å². The van der Waals surface area contributed by atoms with Gasteiger partial charge < -0.3 is 5.11 Å². The largest absolute Gasteiger partial charge is 0.380 e. The molecule has 0 aromatic heterocycles. The fourth-order valence-corrected chi connectivity index (χ4v) is 2.25. The predicted molar refractivity (Wildman–Crippen MR) is 82.2 cm³/mol. The van der Waals surface area contributed by atoms with Gasteiger partial charge >= 0.3 is 0 Å². The number of benzene rings is 2. The highest BCUT2D eigenvalue weighted by Gasteiger charge is 2.20. The Morgan fingerprint density at radius 1 is 0.850 bits per heavy atom. The van der Waals surface area contributed by atoms with Gasteiger partial charge in [0.1, 0.15) is 6.10 Å². The van der Waals surface area contributed by atoms with E-state index in [1.165, 1.54) is 36.4 Å². The van der Waals surface area contributed by atoms with Crippen LogP contribution in [0.5, 0.6) is 0 Å². The SMILES string of the molecule is O=C(c1ccc(Cl)c(Cl)c1)C(O)c1ccc(Cl)c(Cl)c1. The molecule has 2 nitrogen and oxygen atoms in total. The summed E-state index contributed by atoms with van der Waals surface area (Å²) in [6.45, 7) is 0. The zero-order valence-electron chi connectivity index (χ0n) is 9.91. The zero-order chi connectivity index (χ0) is 14.9. The molecule has 0 heterocycles. The lowest BCUT2D eigenvalue weighted by atomic mass is 10.00. The van der Waals surface area contributed by atoms with Gasteiger partial charge in [0.25, 0.3) is 0 Å². The lowest BCUT2D eigenvalue weighted by Gasteiger charge is -2.11. The van der Waals surface area contributed by atoms with Gasteiger partial charge in [-0.25, -0.2) is 0 Å². The summed E-state index contributed by atoms with van der Waals surface area (Å²) >= 11 is 23.3. The second-order valence-corrected chi connectivity index (χ2v) is 5.70. The molecule has 0 aliphatic rings. The lowest BCUT2D eigenvalue weighted by molar-refractivity contribution is 0.0747. The van der Waals surface area contributed by atoms with Gasteiger partial charge in [0.2, 0.25) is 0 Å². The molecule has 0 aliphatic heterocycles. The van der Waals surface area contributed by atoms with Crippen molar-refractivity contribution in [2.75, 3.05) is 0 Å². The summed E-state index contributed by atoms with van der Waals surface area (Å²) in [5.41, 5.74) is 0.619. The molecule has 0 fully saturated rings. The maximum Gasteiger partial charge on any atom is 0.195 e. The molecule has 104 valence electrons. The van der Waals surface area contributed by atoms with Crippen molar-refractivity contribution in [1.82, 2.24) is 0 Å². The molecule has 0 saturated heterocycles. The first-order valence-electron chi connectivity index (χ1n) is 5.52. The molecule has 1 atom stereocenters. The van der Waals surface area contributed by atoms with E-state index >= 15 is 0 Å².